The maximum absolute atomic E-state index is 12.4. The zero-order valence-corrected chi connectivity index (χ0v) is 17.9. The molecule has 1 aliphatic heterocycles. The van der Waals surface area contributed by atoms with Gasteiger partial charge in [0, 0.05) is 44.6 Å². The first-order valence-corrected chi connectivity index (χ1v) is 10.9. The third-order valence-electron chi connectivity index (χ3n) is 5.94. The molecule has 2 aliphatic rings. The number of likely N-dealkylation sites (tertiary alicyclic amines) is 1. The summed E-state index contributed by atoms with van der Waals surface area (Å²) in [4.78, 5) is 36.6. The van der Waals surface area contributed by atoms with Crippen LogP contribution in [0.5, 0.6) is 0 Å². The van der Waals surface area contributed by atoms with Crippen LogP contribution in [0.2, 0.25) is 0 Å². The van der Waals surface area contributed by atoms with Crippen LogP contribution in [0.3, 0.4) is 0 Å². The van der Waals surface area contributed by atoms with E-state index in [0.29, 0.717) is 24.8 Å². The minimum atomic E-state index is 0.0287. The second-order valence-electron chi connectivity index (χ2n) is 8.30. The molecule has 1 saturated carbocycles. The van der Waals surface area contributed by atoms with Gasteiger partial charge in [0.1, 0.15) is 18.0 Å². The number of urea groups is 1. The average Bonchev–Trinajstić information content (AvgIpc) is 3.36. The Bertz CT molecular complexity index is 1090. The molecule has 3 aromatic rings. The minimum absolute atomic E-state index is 0.0287. The van der Waals surface area contributed by atoms with E-state index in [-0.39, 0.29) is 12.1 Å². The number of amides is 2. The van der Waals surface area contributed by atoms with Gasteiger partial charge in [0.25, 0.3) is 0 Å². The summed E-state index contributed by atoms with van der Waals surface area (Å²) in [6.07, 6.45) is 8.46. The lowest BCUT2D eigenvalue weighted by Gasteiger charge is -2.18. The summed E-state index contributed by atoms with van der Waals surface area (Å²) >= 11 is 0. The van der Waals surface area contributed by atoms with Crippen LogP contribution in [0.25, 0.3) is 22.6 Å². The predicted molar refractivity (Wildman–Crippen MR) is 116 cm³/mol. The van der Waals surface area contributed by atoms with Gasteiger partial charge in [-0.05, 0) is 39.0 Å². The van der Waals surface area contributed by atoms with E-state index in [1.807, 2.05) is 16.4 Å². The van der Waals surface area contributed by atoms with Crippen LogP contribution in [0.15, 0.2) is 18.7 Å². The topological polar surface area (TPSA) is 114 Å². The van der Waals surface area contributed by atoms with E-state index in [9.17, 15) is 4.79 Å². The number of carbonyl (C=O) groups excluding carboxylic acids is 1. The highest BCUT2D eigenvalue weighted by Gasteiger charge is 2.29. The van der Waals surface area contributed by atoms with Crippen molar-refractivity contribution in [3.8, 4) is 11.4 Å². The first-order valence-electron chi connectivity index (χ1n) is 10.9. The fourth-order valence-corrected chi connectivity index (χ4v) is 3.99. The van der Waals surface area contributed by atoms with Gasteiger partial charge >= 0.3 is 6.03 Å². The standard InChI is InChI=1S/C21H27N9O/c1-3-30-19(15-9-22-13(2)23-10-15)28-17-18(25-12-26-20(17)30)27-16-6-7-29(11-16)21(31)24-8-14-4-5-14/h9-10,12,14,16H,3-8,11H2,1-2H3,(H,24,31)(H,25,26,27)/t16-/m0/s1. The van der Waals surface area contributed by atoms with E-state index < -0.39 is 0 Å². The third-order valence-corrected chi connectivity index (χ3v) is 5.94. The van der Waals surface area contributed by atoms with Crippen LogP contribution in [-0.4, -0.2) is 66.1 Å². The van der Waals surface area contributed by atoms with E-state index in [2.05, 4.69) is 37.5 Å². The van der Waals surface area contributed by atoms with E-state index in [1.54, 1.807) is 18.7 Å². The number of aromatic nitrogens is 6. The molecule has 31 heavy (non-hydrogen) atoms. The van der Waals surface area contributed by atoms with Crippen molar-refractivity contribution >= 4 is 23.0 Å². The molecule has 2 amide bonds. The second kappa shape index (κ2) is 8.09. The number of nitrogens with zero attached hydrogens (tertiary/aromatic N) is 7. The summed E-state index contributed by atoms with van der Waals surface area (Å²) in [6, 6.07) is 0.156. The van der Waals surface area contributed by atoms with Gasteiger partial charge in [0.05, 0.1) is 5.56 Å². The van der Waals surface area contributed by atoms with E-state index in [1.165, 1.54) is 12.8 Å². The number of carbonyl (C=O) groups is 1. The van der Waals surface area contributed by atoms with Crippen molar-refractivity contribution in [3.63, 3.8) is 0 Å². The number of hydrogen-bond acceptors (Lipinski definition) is 7. The molecule has 0 unspecified atom stereocenters. The quantitative estimate of drug-likeness (QED) is 0.627. The van der Waals surface area contributed by atoms with E-state index >= 15 is 0 Å². The maximum Gasteiger partial charge on any atom is 0.317 e. The van der Waals surface area contributed by atoms with Gasteiger partial charge < -0.3 is 20.1 Å². The summed E-state index contributed by atoms with van der Waals surface area (Å²) in [5, 5.41) is 6.54. The molecule has 2 fully saturated rings. The van der Waals surface area contributed by atoms with Crippen molar-refractivity contribution in [1.29, 1.82) is 0 Å². The lowest BCUT2D eigenvalue weighted by molar-refractivity contribution is 0.208. The fraction of sp³-hybridized carbons (Fsp3) is 0.524. The van der Waals surface area contributed by atoms with E-state index in [4.69, 9.17) is 4.98 Å². The first kappa shape index (κ1) is 19.7. The molecule has 4 heterocycles. The van der Waals surface area contributed by atoms with Gasteiger partial charge in [0.15, 0.2) is 17.0 Å². The van der Waals surface area contributed by atoms with Crippen molar-refractivity contribution in [2.24, 2.45) is 5.92 Å². The first-order chi connectivity index (χ1) is 15.1. The summed E-state index contributed by atoms with van der Waals surface area (Å²) < 4.78 is 2.04. The van der Waals surface area contributed by atoms with Crippen LogP contribution in [0, 0.1) is 12.8 Å². The molecule has 5 rings (SSSR count). The molecular formula is C21H27N9O. The van der Waals surface area contributed by atoms with Crippen molar-refractivity contribution < 1.29 is 4.79 Å². The molecule has 3 aromatic heterocycles. The van der Waals surface area contributed by atoms with Gasteiger partial charge in [-0.15, -0.1) is 0 Å². The lowest BCUT2D eigenvalue weighted by atomic mass is 10.2. The molecule has 0 bridgehead atoms. The Hall–Kier alpha value is -3.30. The van der Waals surface area contributed by atoms with Crippen molar-refractivity contribution in [3.05, 3.63) is 24.5 Å². The number of hydrogen-bond donors (Lipinski definition) is 2. The normalized spacial score (nSPS) is 18.5. The van der Waals surface area contributed by atoms with Crippen LogP contribution < -0.4 is 10.6 Å². The molecule has 1 saturated heterocycles. The zero-order valence-electron chi connectivity index (χ0n) is 17.9. The predicted octanol–water partition coefficient (Wildman–Crippen LogP) is 2.22. The van der Waals surface area contributed by atoms with Crippen LogP contribution in [0.1, 0.15) is 32.0 Å². The highest BCUT2D eigenvalue weighted by Crippen LogP contribution is 2.28. The summed E-state index contributed by atoms with van der Waals surface area (Å²) in [7, 11) is 0. The highest BCUT2D eigenvalue weighted by molar-refractivity contribution is 5.86. The van der Waals surface area contributed by atoms with Crippen molar-refractivity contribution in [2.45, 2.75) is 45.7 Å². The molecule has 162 valence electrons. The summed E-state index contributed by atoms with van der Waals surface area (Å²) in [5.41, 5.74) is 2.33. The van der Waals surface area contributed by atoms with Gasteiger partial charge in [-0.1, -0.05) is 0 Å². The fourth-order valence-electron chi connectivity index (χ4n) is 3.99. The van der Waals surface area contributed by atoms with Crippen molar-refractivity contribution in [1.82, 2.24) is 39.7 Å². The Morgan fingerprint density at radius 3 is 2.71 bits per heavy atom. The van der Waals surface area contributed by atoms with Gasteiger partial charge in [-0.25, -0.2) is 29.7 Å². The third kappa shape index (κ3) is 4.01. The largest absolute Gasteiger partial charge is 0.364 e. The van der Waals surface area contributed by atoms with Crippen LogP contribution >= 0.6 is 0 Å². The number of imidazole rings is 1. The Kier molecular flexibility index (Phi) is 5.13. The van der Waals surface area contributed by atoms with Crippen molar-refractivity contribution in [2.75, 3.05) is 25.0 Å². The molecule has 10 nitrogen and oxygen atoms in total. The minimum Gasteiger partial charge on any atom is -0.364 e. The number of fused-ring (bicyclic) bond motifs is 1. The molecule has 1 aliphatic carbocycles. The van der Waals surface area contributed by atoms with Crippen LogP contribution in [-0.2, 0) is 6.54 Å². The number of aryl methyl sites for hydroxylation is 2. The Labute approximate surface area is 180 Å². The molecule has 0 aromatic carbocycles. The van der Waals surface area contributed by atoms with Crippen LogP contribution in [0.4, 0.5) is 10.6 Å². The Balaban J connectivity index is 1.35. The van der Waals surface area contributed by atoms with Gasteiger partial charge in [-0.3, -0.25) is 0 Å². The Morgan fingerprint density at radius 1 is 1.16 bits per heavy atom. The zero-order chi connectivity index (χ0) is 21.4. The number of anilines is 1. The Morgan fingerprint density at radius 2 is 1.97 bits per heavy atom. The summed E-state index contributed by atoms with van der Waals surface area (Å²) in [5.74, 6) is 2.86. The SMILES string of the molecule is CCn1c(-c2cnc(C)nc2)nc2c(N[C@H]3CCN(C(=O)NCC4CC4)C3)ncnc21. The summed E-state index contributed by atoms with van der Waals surface area (Å²) in [6.45, 7) is 6.81. The van der Waals surface area contributed by atoms with Gasteiger partial charge in [-0.2, -0.15) is 0 Å². The molecule has 10 heteroatoms. The van der Waals surface area contributed by atoms with E-state index in [0.717, 1.165) is 47.9 Å². The molecular weight excluding hydrogens is 394 g/mol. The number of rotatable bonds is 6. The molecule has 0 radical (unpaired) electrons. The smallest absolute Gasteiger partial charge is 0.317 e. The maximum atomic E-state index is 12.4. The molecule has 2 N–H and O–H groups in total. The molecule has 0 spiro atoms. The average molecular weight is 422 g/mol. The number of nitrogens with one attached hydrogen (secondary N) is 2. The highest BCUT2D eigenvalue weighted by atomic mass is 16.2. The second-order valence-corrected chi connectivity index (χ2v) is 8.30. The lowest BCUT2D eigenvalue weighted by Crippen LogP contribution is -2.40. The van der Waals surface area contributed by atoms with Gasteiger partial charge in [0.2, 0.25) is 0 Å². The monoisotopic (exact) mass is 421 g/mol. The molecule has 1 atom stereocenters.